The number of allylic oxidation sites excluding steroid dienone is 1. The molecule has 2 aromatic carbocycles. The van der Waals surface area contributed by atoms with Crippen LogP contribution in [0.3, 0.4) is 0 Å². The van der Waals surface area contributed by atoms with E-state index in [0.717, 1.165) is 17.0 Å². The van der Waals surface area contributed by atoms with Gasteiger partial charge < -0.3 is 24.4 Å². The fraction of sp³-hybridized carbons (Fsp3) is 0.269. The lowest BCUT2D eigenvalue weighted by molar-refractivity contribution is -0.136. The maximum atomic E-state index is 12.8. The number of hydrogen-bond donors (Lipinski definition) is 1. The van der Waals surface area contributed by atoms with Crippen molar-refractivity contribution in [2.45, 2.75) is 19.4 Å². The van der Waals surface area contributed by atoms with Gasteiger partial charge in [-0.05, 0) is 42.2 Å². The summed E-state index contributed by atoms with van der Waals surface area (Å²) in [5.41, 5.74) is 2.59. The molecule has 2 aliphatic heterocycles. The van der Waals surface area contributed by atoms with E-state index in [-0.39, 0.29) is 12.3 Å². The van der Waals surface area contributed by atoms with Crippen LogP contribution >= 0.6 is 11.8 Å². The van der Waals surface area contributed by atoms with E-state index in [2.05, 4.69) is 10.3 Å². The molecule has 0 saturated carbocycles. The van der Waals surface area contributed by atoms with Gasteiger partial charge in [-0.1, -0.05) is 42.1 Å². The summed E-state index contributed by atoms with van der Waals surface area (Å²) in [6.45, 7) is 2.53. The molecule has 0 aliphatic carbocycles. The topological polar surface area (TPSA) is 89.5 Å². The second-order valence-corrected chi connectivity index (χ2v) is 8.69. The smallest absolute Gasteiger partial charge is 0.338 e. The molecule has 182 valence electrons. The quantitative estimate of drug-likeness (QED) is 0.417. The number of methoxy groups -OCH3 is 2. The number of thioether (sulfide) groups is 1. The zero-order valence-electron chi connectivity index (χ0n) is 19.8. The first kappa shape index (κ1) is 24.4. The Bertz CT molecular complexity index is 1190. The number of fused-ring (bicyclic) bond motifs is 1. The number of amidine groups is 1. The lowest BCUT2D eigenvalue weighted by Gasteiger charge is -2.36. The second kappa shape index (κ2) is 11.1. The maximum absolute atomic E-state index is 12.8. The molecule has 0 fully saturated rings. The summed E-state index contributed by atoms with van der Waals surface area (Å²) >= 11 is 1.43. The minimum Gasteiger partial charge on any atom is -0.497 e. The number of ether oxygens (including phenoxy) is 3. The molecule has 2 aliphatic rings. The summed E-state index contributed by atoms with van der Waals surface area (Å²) in [4.78, 5) is 32.1. The Labute approximate surface area is 208 Å². The highest BCUT2D eigenvalue weighted by Gasteiger charge is 2.41. The van der Waals surface area contributed by atoms with E-state index in [0.29, 0.717) is 35.3 Å². The Kier molecular flexibility index (Phi) is 7.77. The Morgan fingerprint density at radius 1 is 1.09 bits per heavy atom. The fourth-order valence-electron chi connectivity index (χ4n) is 3.97. The van der Waals surface area contributed by atoms with Gasteiger partial charge in [-0.3, -0.25) is 4.79 Å². The number of hydrogen-bond acceptors (Lipinski definition) is 8. The molecule has 1 N–H and O–H groups in total. The molecule has 0 aromatic heterocycles. The van der Waals surface area contributed by atoms with Crippen LogP contribution in [0.2, 0.25) is 0 Å². The van der Waals surface area contributed by atoms with Crippen molar-refractivity contribution in [3.8, 4) is 11.5 Å². The number of nitrogens with zero attached hydrogens (tertiary/aromatic N) is 2. The number of amides is 1. The molecular weight excluding hydrogens is 466 g/mol. The third-order valence-corrected chi connectivity index (χ3v) is 6.48. The van der Waals surface area contributed by atoms with Crippen molar-refractivity contribution < 1.29 is 23.8 Å². The number of carbonyl (C=O) groups is 2. The summed E-state index contributed by atoms with van der Waals surface area (Å²) in [5.74, 6) is 0.813. The summed E-state index contributed by atoms with van der Waals surface area (Å²) in [7, 11) is 2.95. The van der Waals surface area contributed by atoms with Crippen molar-refractivity contribution in [1.29, 1.82) is 0 Å². The first-order valence-corrected chi connectivity index (χ1v) is 12.0. The van der Waals surface area contributed by atoms with Crippen molar-refractivity contribution in [2.75, 3.05) is 27.4 Å². The minimum absolute atomic E-state index is 0.130. The van der Waals surface area contributed by atoms with Crippen LogP contribution < -0.4 is 14.8 Å². The molecule has 0 saturated heterocycles. The molecule has 35 heavy (non-hydrogen) atoms. The van der Waals surface area contributed by atoms with Gasteiger partial charge in [-0.25, -0.2) is 9.79 Å². The molecular formula is C26H27N3O5S. The van der Waals surface area contributed by atoms with Crippen molar-refractivity contribution in [3.05, 3.63) is 82.5 Å². The SMILES string of the molecule is COC(=O)C1=C(C)N=C2SC=C(CC(=O)NCCOc3ccccc3)N2C1c1cccc(OC)c1. The number of esters is 1. The molecule has 0 radical (unpaired) electrons. The fourth-order valence-corrected chi connectivity index (χ4v) is 4.93. The Morgan fingerprint density at radius 2 is 1.86 bits per heavy atom. The van der Waals surface area contributed by atoms with Crippen LogP contribution in [0.1, 0.15) is 24.9 Å². The van der Waals surface area contributed by atoms with Crippen molar-refractivity contribution in [3.63, 3.8) is 0 Å². The highest BCUT2D eigenvalue weighted by atomic mass is 32.2. The third-order valence-electron chi connectivity index (χ3n) is 5.59. The molecule has 2 aromatic rings. The standard InChI is InChI=1S/C26H27N3O5S/c1-17-23(25(31)33-3)24(18-8-7-11-21(14-18)32-2)29-19(16-35-26(29)28-17)15-22(30)27-12-13-34-20-9-5-4-6-10-20/h4-11,14,16,24H,12-13,15H2,1-3H3,(H,27,30). The van der Waals surface area contributed by atoms with E-state index in [1.807, 2.05) is 64.9 Å². The van der Waals surface area contributed by atoms with Crippen LogP contribution in [-0.2, 0) is 14.3 Å². The molecule has 4 rings (SSSR count). The highest BCUT2D eigenvalue weighted by molar-refractivity contribution is 8.16. The maximum Gasteiger partial charge on any atom is 0.338 e. The molecule has 0 spiro atoms. The monoisotopic (exact) mass is 493 g/mol. The zero-order chi connectivity index (χ0) is 24.8. The summed E-state index contributed by atoms with van der Waals surface area (Å²) in [6, 6.07) is 16.5. The van der Waals surface area contributed by atoms with Gasteiger partial charge in [0.25, 0.3) is 0 Å². The number of benzene rings is 2. The van der Waals surface area contributed by atoms with Gasteiger partial charge in [-0.15, -0.1) is 0 Å². The zero-order valence-corrected chi connectivity index (χ0v) is 20.6. The molecule has 1 unspecified atom stereocenters. The average molecular weight is 494 g/mol. The molecule has 0 bridgehead atoms. The van der Waals surface area contributed by atoms with Crippen LogP contribution in [0.4, 0.5) is 0 Å². The van der Waals surface area contributed by atoms with Crippen LogP contribution in [0.5, 0.6) is 11.5 Å². The van der Waals surface area contributed by atoms with Gasteiger partial charge in [0, 0.05) is 5.70 Å². The lowest BCUT2D eigenvalue weighted by Crippen LogP contribution is -2.38. The van der Waals surface area contributed by atoms with Gasteiger partial charge >= 0.3 is 5.97 Å². The Morgan fingerprint density at radius 3 is 2.60 bits per heavy atom. The highest BCUT2D eigenvalue weighted by Crippen LogP contribution is 2.45. The third kappa shape index (κ3) is 5.51. The lowest BCUT2D eigenvalue weighted by atomic mass is 9.93. The first-order valence-electron chi connectivity index (χ1n) is 11.1. The summed E-state index contributed by atoms with van der Waals surface area (Å²) < 4.78 is 16.1. The van der Waals surface area contributed by atoms with Crippen molar-refractivity contribution in [2.24, 2.45) is 4.99 Å². The molecule has 1 amide bonds. The number of rotatable bonds is 9. The van der Waals surface area contributed by atoms with E-state index in [1.165, 1.54) is 18.9 Å². The van der Waals surface area contributed by atoms with Crippen molar-refractivity contribution >= 4 is 28.8 Å². The second-order valence-electron chi connectivity index (χ2n) is 7.85. The average Bonchev–Trinajstić information content (AvgIpc) is 3.27. The van der Waals surface area contributed by atoms with E-state index in [1.54, 1.807) is 14.0 Å². The van der Waals surface area contributed by atoms with Gasteiger partial charge in [0.05, 0.1) is 44.5 Å². The van der Waals surface area contributed by atoms with Gasteiger partial charge in [0.2, 0.25) is 5.91 Å². The van der Waals surface area contributed by atoms with Gasteiger partial charge in [0.1, 0.15) is 18.1 Å². The van der Waals surface area contributed by atoms with E-state index >= 15 is 0 Å². The molecule has 1 atom stereocenters. The van der Waals surface area contributed by atoms with Crippen molar-refractivity contribution in [1.82, 2.24) is 10.2 Å². The molecule has 9 heteroatoms. The van der Waals surface area contributed by atoms with E-state index < -0.39 is 12.0 Å². The predicted octanol–water partition coefficient (Wildman–Crippen LogP) is 4.03. The Hall–Kier alpha value is -3.72. The van der Waals surface area contributed by atoms with Crippen LogP contribution in [0, 0.1) is 0 Å². The largest absolute Gasteiger partial charge is 0.497 e. The van der Waals surface area contributed by atoms with Crippen LogP contribution in [0.25, 0.3) is 0 Å². The van der Waals surface area contributed by atoms with Gasteiger partial charge in [0.15, 0.2) is 5.17 Å². The normalized spacial score (nSPS) is 16.8. The van der Waals surface area contributed by atoms with Crippen LogP contribution in [0.15, 0.2) is 82.0 Å². The van der Waals surface area contributed by atoms with Gasteiger partial charge in [-0.2, -0.15) is 0 Å². The number of nitrogens with one attached hydrogen (secondary N) is 1. The summed E-state index contributed by atoms with van der Waals surface area (Å²) in [6.07, 6.45) is 0.130. The Balaban J connectivity index is 1.50. The predicted molar refractivity (Wildman–Crippen MR) is 135 cm³/mol. The number of carbonyl (C=O) groups excluding carboxylic acids is 2. The van der Waals surface area contributed by atoms with E-state index in [9.17, 15) is 9.59 Å². The summed E-state index contributed by atoms with van der Waals surface area (Å²) in [5, 5.41) is 5.51. The molecule has 8 nitrogen and oxygen atoms in total. The van der Waals surface area contributed by atoms with Crippen LogP contribution in [-0.4, -0.2) is 49.3 Å². The molecule has 2 heterocycles. The number of para-hydroxylation sites is 1. The first-order chi connectivity index (χ1) is 17.0. The minimum atomic E-state index is -0.500. The van der Waals surface area contributed by atoms with E-state index in [4.69, 9.17) is 14.2 Å². The number of aliphatic imine (C=N–C) groups is 1.